The van der Waals surface area contributed by atoms with Crippen LogP contribution in [-0.4, -0.2) is 37.7 Å². The van der Waals surface area contributed by atoms with Crippen LogP contribution in [0.5, 0.6) is 0 Å². The number of fused-ring (bicyclic) bond motifs is 4. The molecule has 1 amide bonds. The minimum absolute atomic E-state index is 0.193. The number of aromatic nitrogens is 3. The van der Waals surface area contributed by atoms with Crippen LogP contribution in [0.1, 0.15) is 47.6 Å². The van der Waals surface area contributed by atoms with Crippen LogP contribution in [0.15, 0.2) is 41.3 Å². The lowest BCUT2D eigenvalue weighted by molar-refractivity contribution is -0.192. The third-order valence-corrected chi connectivity index (χ3v) is 4.73. The fraction of sp³-hybridized carbons (Fsp3) is 0.286. The van der Waals surface area contributed by atoms with E-state index in [0.29, 0.717) is 34.5 Å². The van der Waals surface area contributed by atoms with Crippen molar-refractivity contribution in [3.05, 3.63) is 63.8 Å². The normalized spacial score (nSPS) is 15.0. The molecule has 2 N–H and O–H groups in total. The van der Waals surface area contributed by atoms with Crippen molar-refractivity contribution < 1.29 is 27.9 Å². The van der Waals surface area contributed by atoms with Crippen LogP contribution in [-0.2, 0) is 4.79 Å². The van der Waals surface area contributed by atoms with E-state index in [-0.39, 0.29) is 17.5 Å². The molecule has 1 aliphatic rings. The molecule has 1 aromatic carbocycles. The maximum Gasteiger partial charge on any atom is 0.490 e. The molecule has 0 fully saturated rings. The van der Waals surface area contributed by atoms with Gasteiger partial charge in [-0.1, -0.05) is 25.0 Å². The molecule has 0 saturated carbocycles. The first kappa shape index (κ1) is 22.9. The first-order valence-electron chi connectivity index (χ1n) is 9.64. The molecular weight excluding hydrogens is 429 g/mol. The Labute approximate surface area is 179 Å². The number of amides is 1. The molecular formula is C21H19F3N4O4. The first-order valence-corrected chi connectivity index (χ1v) is 9.64. The van der Waals surface area contributed by atoms with Gasteiger partial charge < -0.3 is 10.4 Å². The van der Waals surface area contributed by atoms with Gasteiger partial charge in [0, 0.05) is 6.20 Å². The van der Waals surface area contributed by atoms with E-state index >= 15 is 0 Å². The summed E-state index contributed by atoms with van der Waals surface area (Å²) in [5.41, 5.74) is 1.82. The van der Waals surface area contributed by atoms with Gasteiger partial charge in [-0.25, -0.2) is 19.3 Å². The quantitative estimate of drug-likeness (QED) is 0.622. The van der Waals surface area contributed by atoms with Gasteiger partial charge in [-0.15, -0.1) is 0 Å². The summed E-state index contributed by atoms with van der Waals surface area (Å²) in [6, 6.07) is 8.66. The van der Waals surface area contributed by atoms with Gasteiger partial charge in [-0.3, -0.25) is 9.59 Å². The van der Waals surface area contributed by atoms with Gasteiger partial charge in [0.15, 0.2) is 5.82 Å². The first-order chi connectivity index (χ1) is 15.0. The molecule has 4 rings (SSSR count). The zero-order valence-electron chi connectivity index (χ0n) is 17.1. The summed E-state index contributed by atoms with van der Waals surface area (Å²) in [7, 11) is 0. The van der Waals surface area contributed by atoms with Gasteiger partial charge >= 0.3 is 12.1 Å². The van der Waals surface area contributed by atoms with Gasteiger partial charge in [-0.05, 0) is 37.6 Å². The van der Waals surface area contributed by atoms with Gasteiger partial charge in [0.25, 0.3) is 11.5 Å². The maximum atomic E-state index is 13.2. The number of pyridine rings is 1. The molecule has 3 aromatic rings. The monoisotopic (exact) mass is 448 g/mol. The van der Waals surface area contributed by atoms with Crippen molar-refractivity contribution in [1.82, 2.24) is 19.9 Å². The highest BCUT2D eigenvalue weighted by Gasteiger charge is 2.38. The van der Waals surface area contributed by atoms with Gasteiger partial charge in [0.1, 0.15) is 5.82 Å². The number of benzene rings is 1. The minimum Gasteiger partial charge on any atom is -0.475 e. The summed E-state index contributed by atoms with van der Waals surface area (Å²) in [5.74, 6) is -2.11. The molecule has 2 aromatic heterocycles. The highest BCUT2D eigenvalue weighted by atomic mass is 19.4. The number of carboxylic acid groups (broad SMARTS) is 1. The van der Waals surface area contributed by atoms with E-state index in [4.69, 9.17) is 14.9 Å². The minimum atomic E-state index is -5.08. The van der Waals surface area contributed by atoms with E-state index in [0.717, 1.165) is 12.0 Å². The Balaban J connectivity index is 0.000000360. The average Bonchev–Trinajstić information content (AvgIpc) is 2.84. The Kier molecular flexibility index (Phi) is 6.28. The van der Waals surface area contributed by atoms with Crippen molar-refractivity contribution in [2.45, 2.75) is 38.9 Å². The lowest BCUT2D eigenvalue weighted by Gasteiger charge is -2.18. The molecule has 1 aliphatic heterocycles. The predicted octanol–water partition coefficient (Wildman–Crippen LogP) is 3.31. The van der Waals surface area contributed by atoms with Crippen LogP contribution in [0.25, 0.3) is 16.7 Å². The van der Waals surface area contributed by atoms with Crippen molar-refractivity contribution in [1.29, 1.82) is 0 Å². The number of aryl methyl sites for hydroxylation is 1. The number of carbonyl (C=O) groups excluding carboxylic acids is 1. The van der Waals surface area contributed by atoms with Crippen molar-refractivity contribution in [3.63, 3.8) is 0 Å². The standard InChI is InChI=1S/C19H18N4O2.C2HF3O2/c1-3-5-15-17-21-14-8-7-11(2)10-13(14)19(25)23(17)16-12(18(24)22-15)6-4-9-20-16;3-2(4,5)1(6)7/h4,6-10,15H,3,5H2,1-2H3,(H,22,24);(H,6,7). The molecule has 1 unspecified atom stereocenters. The summed E-state index contributed by atoms with van der Waals surface area (Å²) >= 11 is 0. The molecule has 0 bridgehead atoms. The van der Waals surface area contributed by atoms with Crippen molar-refractivity contribution in [2.24, 2.45) is 0 Å². The smallest absolute Gasteiger partial charge is 0.475 e. The number of alkyl halides is 3. The van der Waals surface area contributed by atoms with E-state index in [1.807, 2.05) is 32.0 Å². The molecule has 11 heteroatoms. The highest BCUT2D eigenvalue weighted by molar-refractivity contribution is 5.98. The largest absolute Gasteiger partial charge is 0.490 e. The second-order valence-corrected chi connectivity index (χ2v) is 7.12. The van der Waals surface area contributed by atoms with E-state index in [9.17, 15) is 22.8 Å². The average molecular weight is 448 g/mol. The molecule has 8 nitrogen and oxygen atoms in total. The topological polar surface area (TPSA) is 114 Å². The number of rotatable bonds is 2. The molecule has 1 atom stereocenters. The predicted molar refractivity (Wildman–Crippen MR) is 109 cm³/mol. The Morgan fingerprint density at radius 3 is 2.56 bits per heavy atom. The SMILES string of the molecule is CCCC1NC(=O)c2cccnc2-n2c1nc1ccc(C)cc1c2=O.O=C(O)C(F)(F)F. The van der Waals surface area contributed by atoms with E-state index in [1.165, 1.54) is 4.57 Å². The summed E-state index contributed by atoms with van der Waals surface area (Å²) in [4.78, 5) is 43.8. The zero-order valence-corrected chi connectivity index (χ0v) is 17.1. The van der Waals surface area contributed by atoms with E-state index in [2.05, 4.69) is 10.3 Å². The number of carboxylic acids is 1. The van der Waals surface area contributed by atoms with Crippen molar-refractivity contribution in [3.8, 4) is 5.82 Å². The number of carbonyl (C=O) groups is 2. The Hall–Kier alpha value is -3.76. The van der Waals surface area contributed by atoms with Crippen LogP contribution in [0.3, 0.4) is 0 Å². The summed E-state index contributed by atoms with van der Waals surface area (Å²) in [5, 5.41) is 10.7. The van der Waals surface area contributed by atoms with Crippen LogP contribution in [0.4, 0.5) is 13.2 Å². The molecule has 0 aliphatic carbocycles. The summed E-state index contributed by atoms with van der Waals surface area (Å²) in [6.07, 6.45) is -1.94. The maximum absolute atomic E-state index is 13.2. The van der Waals surface area contributed by atoms with Gasteiger partial charge in [-0.2, -0.15) is 13.2 Å². The number of hydrogen-bond donors (Lipinski definition) is 2. The molecule has 0 spiro atoms. The Morgan fingerprint density at radius 2 is 1.94 bits per heavy atom. The highest BCUT2D eigenvalue weighted by Crippen LogP contribution is 2.26. The molecule has 3 heterocycles. The third-order valence-electron chi connectivity index (χ3n) is 4.73. The zero-order chi connectivity index (χ0) is 23.6. The van der Waals surface area contributed by atoms with Crippen LogP contribution in [0, 0.1) is 6.92 Å². The van der Waals surface area contributed by atoms with Crippen LogP contribution >= 0.6 is 0 Å². The van der Waals surface area contributed by atoms with Crippen LogP contribution in [0.2, 0.25) is 0 Å². The van der Waals surface area contributed by atoms with Gasteiger partial charge in [0.05, 0.1) is 22.5 Å². The van der Waals surface area contributed by atoms with Crippen molar-refractivity contribution >= 4 is 22.8 Å². The number of nitrogens with one attached hydrogen (secondary N) is 1. The Morgan fingerprint density at radius 1 is 1.25 bits per heavy atom. The van der Waals surface area contributed by atoms with Crippen LogP contribution < -0.4 is 10.9 Å². The number of halogens is 3. The lowest BCUT2D eigenvalue weighted by atomic mass is 10.1. The molecule has 0 saturated heterocycles. The van der Waals surface area contributed by atoms with E-state index < -0.39 is 12.1 Å². The Bertz CT molecular complexity index is 1250. The fourth-order valence-corrected chi connectivity index (χ4v) is 3.30. The summed E-state index contributed by atoms with van der Waals surface area (Å²) in [6.45, 7) is 3.97. The second kappa shape index (κ2) is 8.77. The van der Waals surface area contributed by atoms with Gasteiger partial charge in [0.2, 0.25) is 0 Å². The molecule has 168 valence electrons. The second-order valence-electron chi connectivity index (χ2n) is 7.12. The number of aliphatic carboxylic acids is 1. The summed E-state index contributed by atoms with van der Waals surface area (Å²) < 4.78 is 33.2. The van der Waals surface area contributed by atoms with E-state index in [1.54, 1.807) is 18.3 Å². The third kappa shape index (κ3) is 4.46. The fourth-order valence-electron chi connectivity index (χ4n) is 3.30. The lowest BCUT2D eigenvalue weighted by Crippen LogP contribution is -2.30. The number of hydrogen-bond acceptors (Lipinski definition) is 5. The van der Waals surface area contributed by atoms with Crippen molar-refractivity contribution in [2.75, 3.05) is 0 Å². The number of nitrogens with zero attached hydrogens (tertiary/aromatic N) is 3. The molecule has 32 heavy (non-hydrogen) atoms. The molecule has 0 radical (unpaired) electrons.